The first kappa shape index (κ1) is 24.2. The average Bonchev–Trinajstić information content (AvgIpc) is 2.81. The van der Waals surface area contributed by atoms with Crippen LogP contribution in [0.5, 0.6) is 11.5 Å². The van der Waals surface area contributed by atoms with Crippen molar-refractivity contribution < 1.29 is 36.7 Å². The zero-order valence-corrected chi connectivity index (χ0v) is 17.4. The third-order valence-electron chi connectivity index (χ3n) is 4.35. The molecule has 1 heterocycles. The lowest BCUT2D eigenvalue weighted by molar-refractivity contribution is -0.140. The van der Waals surface area contributed by atoms with Crippen molar-refractivity contribution in [2.24, 2.45) is 0 Å². The number of pyridine rings is 1. The van der Waals surface area contributed by atoms with Crippen LogP contribution >= 0.6 is 0 Å². The molecule has 0 fully saturated rings. The lowest BCUT2D eigenvalue weighted by Crippen LogP contribution is -2.41. The molecule has 0 atom stereocenters. The predicted octanol–water partition coefficient (Wildman–Crippen LogP) is 3.47. The molecule has 8 nitrogen and oxygen atoms in total. The van der Waals surface area contributed by atoms with Crippen molar-refractivity contribution in [1.82, 2.24) is 21.2 Å². The molecule has 3 amide bonds. The number of carbonyl (C=O) groups is 3. The van der Waals surface area contributed by atoms with Gasteiger partial charge in [0.05, 0.1) is 5.56 Å². The van der Waals surface area contributed by atoms with Gasteiger partial charge < -0.3 is 10.1 Å². The van der Waals surface area contributed by atoms with E-state index in [1.54, 1.807) is 0 Å². The number of halogens is 4. The monoisotopic (exact) mass is 476 g/mol. The summed E-state index contributed by atoms with van der Waals surface area (Å²) < 4.78 is 57.5. The summed E-state index contributed by atoms with van der Waals surface area (Å²) in [4.78, 5) is 40.1. The minimum absolute atomic E-state index is 0.0495. The normalized spacial score (nSPS) is 10.9. The van der Waals surface area contributed by atoms with Crippen LogP contribution in [0.4, 0.5) is 17.6 Å². The number of nitrogens with one attached hydrogen (secondary N) is 3. The van der Waals surface area contributed by atoms with E-state index < -0.39 is 40.8 Å². The molecule has 0 spiro atoms. The van der Waals surface area contributed by atoms with Crippen LogP contribution in [0.15, 0.2) is 60.8 Å². The average molecular weight is 476 g/mol. The Balaban J connectivity index is 1.67. The van der Waals surface area contributed by atoms with Gasteiger partial charge in [0.1, 0.15) is 23.0 Å². The molecule has 0 unspecified atom stereocenters. The topological polar surface area (TPSA) is 109 Å². The number of nitrogens with zero attached hydrogens (tertiary/aromatic N) is 1. The van der Waals surface area contributed by atoms with Crippen LogP contribution in [-0.4, -0.2) is 29.8 Å². The number of amides is 3. The van der Waals surface area contributed by atoms with E-state index in [4.69, 9.17) is 4.74 Å². The van der Waals surface area contributed by atoms with Gasteiger partial charge in [-0.25, -0.2) is 4.39 Å². The molecule has 1 aromatic heterocycles. The second-order valence-electron chi connectivity index (χ2n) is 6.69. The van der Waals surface area contributed by atoms with Gasteiger partial charge in [-0.3, -0.25) is 30.2 Å². The molecule has 34 heavy (non-hydrogen) atoms. The van der Waals surface area contributed by atoms with Gasteiger partial charge in [0, 0.05) is 30.4 Å². The molecule has 2 aromatic carbocycles. The van der Waals surface area contributed by atoms with E-state index in [-0.39, 0.29) is 22.8 Å². The Morgan fingerprint density at radius 2 is 1.50 bits per heavy atom. The lowest BCUT2D eigenvalue weighted by atomic mass is 10.1. The summed E-state index contributed by atoms with van der Waals surface area (Å²) in [5.41, 5.74) is 2.09. The van der Waals surface area contributed by atoms with Crippen LogP contribution in [-0.2, 0) is 6.18 Å². The second-order valence-corrected chi connectivity index (χ2v) is 6.69. The fraction of sp³-hybridized carbons (Fsp3) is 0.0909. The van der Waals surface area contributed by atoms with E-state index in [1.165, 1.54) is 49.6 Å². The Kier molecular flexibility index (Phi) is 7.09. The molecule has 0 aliphatic heterocycles. The lowest BCUT2D eigenvalue weighted by Gasteiger charge is -2.12. The fourth-order valence-corrected chi connectivity index (χ4v) is 2.71. The Hall–Kier alpha value is -4.48. The summed E-state index contributed by atoms with van der Waals surface area (Å²) in [7, 11) is 1.45. The number of alkyl halides is 3. The van der Waals surface area contributed by atoms with Gasteiger partial charge in [-0.05, 0) is 42.5 Å². The Bertz CT molecular complexity index is 1250. The highest BCUT2D eigenvalue weighted by Gasteiger charge is 2.34. The number of hydrazine groups is 1. The quantitative estimate of drug-likeness (QED) is 0.386. The molecule has 0 saturated carbocycles. The molecule has 3 N–H and O–H groups in total. The third-order valence-corrected chi connectivity index (χ3v) is 4.35. The van der Waals surface area contributed by atoms with Crippen LogP contribution in [0, 0.1) is 5.82 Å². The Morgan fingerprint density at radius 1 is 0.853 bits per heavy atom. The van der Waals surface area contributed by atoms with Crippen LogP contribution in [0.2, 0.25) is 0 Å². The molecule has 0 aliphatic carbocycles. The molecule has 3 aromatic rings. The molecule has 0 aliphatic rings. The summed E-state index contributed by atoms with van der Waals surface area (Å²) >= 11 is 0. The van der Waals surface area contributed by atoms with Crippen LogP contribution < -0.4 is 20.9 Å². The summed E-state index contributed by atoms with van der Waals surface area (Å²) in [5, 5.41) is 2.43. The highest BCUT2D eigenvalue weighted by molar-refractivity contribution is 5.99. The minimum atomic E-state index is -4.99. The zero-order chi connectivity index (χ0) is 24.9. The summed E-state index contributed by atoms with van der Waals surface area (Å²) in [6.07, 6.45) is -3.62. The van der Waals surface area contributed by atoms with Crippen molar-refractivity contribution in [3.8, 4) is 11.5 Å². The van der Waals surface area contributed by atoms with Gasteiger partial charge in [-0.1, -0.05) is 6.07 Å². The predicted molar refractivity (Wildman–Crippen MR) is 110 cm³/mol. The number of hydrogen-bond acceptors (Lipinski definition) is 5. The minimum Gasteiger partial charge on any atom is -0.457 e. The highest BCUT2D eigenvalue weighted by atomic mass is 19.4. The molecular weight excluding hydrogens is 460 g/mol. The van der Waals surface area contributed by atoms with E-state index >= 15 is 0 Å². The molecular formula is C22H16F4N4O4. The summed E-state index contributed by atoms with van der Waals surface area (Å²) in [6.45, 7) is 0. The number of aromatic nitrogens is 1. The van der Waals surface area contributed by atoms with Crippen molar-refractivity contribution in [3.63, 3.8) is 0 Å². The van der Waals surface area contributed by atoms with Crippen molar-refractivity contribution in [3.05, 3.63) is 89.0 Å². The maximum Gasteiger partial charge on any atom is 0.419 e. The summed E-state index contributed by atoms with van der Waals surface area (Å²) in [5.74, 6) is -3.32. The number of benzene rings is 2. The van der Waals surface area contributed by atoms with Gasteiger partial charge in [0.2, 0.25) is 0 Å². The van der Waals surface area contributed by atoms with E-state index in [1.807, 2.05) is 5.43 Å². The Morgan fingerprint density at radius 3 is 2.15 bits per heavy atom. The smallest absolute Gasteiger partial charge is 0.419 e. The largest absolute Gasteiger partial charge is 0.457 e. The van der Waals surface area contributed by atoms with Crippen molar-refractivity contribution in [2.75, 3.05) is 7.05 Å². The van der Waals surface area contributed by atoms with Crippen LogP contribution in [0.25, 0.3) is 0 Å². The van der Waals surface area contributed by atoms with Crippen LogP contribution in [0.1, 0.15) is 36.8 Å². The molecule has 0 bridgehead atoms. The SMILES string of the molecule is CNC(=O)c1cc(Oc2cccc(C(=O)NNC(=O)c3ccc(F)c(C(F)(F)F)c3)c2)ccn1. The summed E-state index contributed by atoms with van der Waals surface area (Å²) in [6, 6.07) is 10.3. The maximum atomic E-state index is 13.4. The maximum absolute atomic E-state index is 13.4. The number of hydrogen-bond donors (Lipinski definition) is 3. The first-order chi connectivity index (χ1) is 16.1. The molecule has 3 rings (SSSR count). The first-order valence-electron chi connectivity index (χ1n) is 9.52. The van der Waals surface area contributed by atoms with Gasteiger partial charge >= 0.3 is 6.18 Å². The second kappa shape index (κ2) is 9.98. The number of ether oxygens (including phenoxy) is 1. The number of rotatable bonds is 5. The van der Waals surface area contributed by atoms with E-state index in [9.17, 15) is 31.9 Å². The van der Waals surface area contributed by atoms with E-state index in [0.29, 0.717) is 12.1 Å². The Labute approximate surface area is 189 Å². The third kappa shape index (κ3) is 5.85. The molecule has 12 heteroatoms. The highest BCUT2D eigenvalue weighted by Crippen LogP contribution is 2.31. The van der Waals surface area contributed by atoms with Crippen molar-refractivity contribution in [2.45, 2.75) is 6.18 Å². The van der Waals surface area contributed by atoms with Gasteiger partial charge in [-0.15, -0.1) is 0 Å². The fourth-order valence-electron chi connectivity index (χ4n) is 2.71. The van der Waals surface area contributed by atoms with E-state index in [0.717, 1.165) is 6.07 Å². The van der Waals surface area contributed by atoms with Crippen molar-refractivity contribution >= 4 is 17.7 Å². The van der Waals surface area contributed by atoms with Gasteiger partial charge in [-0.2, -0.15) is 13.2 Å². The molecule has 0 radical (unpaired) electrons. The van der Waals surface area contributed by atoms with Gasteiger partial charge in [0.15, 0.2) is 0 Å². The van der Waals surface area contributed by atoms with Crippen molar-refractivity contribution in [1.29, 1.82) is 0 Å². The van der Waals surface area contributed by atoms with Gasteiger partial charge in [0.25, 0.3) is 17.7 Å². The first-order valence-corrected chi connectivity index (χ1v) is 9.52. The molecule has 176 valence electrons. The molecule has 0 saturated heterocycles. The van der Waals surface area contributed by atoms with Crippen LogP contribution in [0.3, 0.4) is 0 Å². The zero-order valence-electron chi connectivity index (χ0n) is 17.4. The number of carbonyl (C=O) groups excluding carboxylic acids is 3. The van der Waals surface area contributed by atoms with E-state index in [2.05, 4.69) is 15.7 Å². The standard InChI is InChI=1S/C22H16F4N4O4/c1-27-21(33)18-11-15(7-8-28-18)34-14-4-2-3-12(9-14)19(31)29-30-20(32)13-5-6-17(23)16(10-13)22(24,25)26/h2-11H,1H3,(H,27,33)(H,29,31)(H,30,32).